The number of hydrogen-bond donors (Lipinski definition) is 1. The van der Waals surface area contributed by atoms with E-state index in [1.165, 1.54) is 30.4 Å². The average Bonchev–Trinajstić information content (AvgIpc) is 2.75. The van der Waals surface area contributed by atoms with Gasteiger partial charge in [-0.2, -0.15) is 0 Å². The van der Waals surface area contributed by atoms with Crippen LogP contribution in [0.4, 0.5) is 0 Å². The quantitative estimate of drug-likeness (QED) is 0.785. The molecule has 2 nitrogen and oxygen atoms in total. The van der Waals surface area contributed by atoms with Crippen molar-refractivity contribution in [2.75, 3.05) is 7.05 Å². The zero-order valence-corrected chi connectivity index (χ0v) is 10.4. The van der Waals surface area contributed by atoms with Crippen molar-refractivity contribution < 1.29 is 0 Å². The van der Waals surface area contributed by atoms with Crippen molar-refractivity contribution in [2.24, 2.45) is 0 Å². The molecule has 0 bridgehead atoms. The summed E-state index contributed by atoms with van der Waals surface area (Å²) in [7, 11) is 2.03. The molecule has 0 aromatic carbocycles. The molecule has 16 heavy (non-hydrogen) atoms. The molecular weight excluding hydrogens is 196 g/mol. The molecule has 0 saturated heterocycles. The van der Waals surface area contributed by atoms with Gasteiger partial charge in [-0.3, -0.25) is 4.98 Å². The number of aryl methyl sites for hydroxylation is 2. The molecule has 0 radical (unpaired) electrons. The Morgan fingerprint density at radius 3 is 2.69 bits per heavy atom. The summed E-state index contributed by atoms with van der Waals surface area (Å²) in [6.07, 6.45) is 6.12. The molecule has 86 valence electrons. The SMILES string of the molecule is CNC(C1=CCCC1)c1ccc(C)nc1C. The average molecular weight is 216 g/mol. The Kier molecular flexibility index (Phi) is 3.39. The van der Waals surface area contributed by atoms with E-state index in [2.05, 4.69) is 35.4 Å². The molecule has 0 amide bonds. The number of nitrogens with zero attached hydrogens (tertiary/aromatic N) is 1. The van der Waals surface area contributed by atoms with Gasteiger partial charge in [-0.15, -0.1) is 0 Å². The van der Waals surface area contributed by atoms with Gasteiger partial charge in [0.1, 0.15) is 0 Å². The van der Waals surface area contributed by atoms with Crippen LogP contribution in [0.1, 0.15) is 42.3 Å². The number of likely N-dealkylation sites (N-methyl/N-ethyl adjacent to an activating group) is 1. The number of rotatable bonds is 3. The highest BCUT2D eigenvalue weighted by molar-refractivity contribution is 5.33. The highest BCUT2D eigenvalue weighted by Gasteiger charge is 2.19. The summed E-state index contributed by atoms with van der Waals surface area (Å²) in [5, 5.41) is 3.41. The van der Waals surface area contributed by atoms with Crippen molar-refractivity contribution in [1.82, 2.24) is 10.3 Å². The van der Waals surface area contributed by atoms with Crippen LogP contribution in [0.2, 0.25) is 0 Å². The smallest absolute Gasteiger partial charge is 0.0551 e. The van der Waals surface area contributed by atoms with Crippen molar-refractivity contribution in [1.29, 1.82) is 0 Å². The molecule has 2 heteroatoms. The molecule has 0 aliphatic heterocycles. The second-order valence-corrected chi connectivity index (χ2v) is 4.52. The first-order valence-electron chi connectivity index (χ1n) is 6.02. The molecule has 1 aromatic heterocycles. The van der Waals surface area contributed by atoms with Crippen LogP contribution < -0.4 is 5.32 Å². The van der Waals surface area contributed by atoms with E-state index in [-0.39, 0.29) is 0 Å². The monoisotopic (exact) mass is 216 g/mol. The van der Waals surface area contributed by atoms with Gasteiger partial charge in [0.15, 0.2) is 0 Å². The normalized spacial score (nSPS) is 17.3. The van der Waals surface area contributed by atoms with Gasteiger partial charge in [0.05, 0.1) is 6.04 Å². The first-order valence-corrected chi connectivity index (χ1v) is 6.02. The van der Waals surface area contributed by atoms with Gasteiger partial charge in [-0.25, -0.2) is 0 Å². The van der Waals surface area contributed by atoms with Crippen LogP contribution in [0.3, 0.4) is 0 Å². The number of aromatic nitrogens is 1. The van der Waals surface area contributed by atoms with Gasteiger partial charge in [0.25, 0.3) is 0 Å². The number of pyridine rings is 1. The molecule has 0 saturated carbocycles. The highest BCUT2D eigenvalue weighted by atomic mass is 14.9. The summed E-state index contributed by atoms with van der Waals surface area (Å²) in [6, 6.07) is 4.66. The van der Waals surface area contributed by atoms with Crippen LogP contribution >= 0.6 is 0 Å². The van der Waals surface area contributed by atoms with E-state index in [1.54, 1.807) is 0 Å². The minimum Gasteiger partial charge on any atom is -0.310 e. The summed E-state index contributed by atoms with van der Waals surface area (Å²) in [5.74, 6) is 0. The van der Waals surface area contributed by atoms with Gasteiger partial charge in [-0.1, -0.05) is 17.7 Å². The summed E-state index contributed by atoms with van der Waals surface area (Å²) in [6.45, 7) is 4.14. The fourth-order valence-electron chi connectivity index (χ4n) is 2.50. The Balaban J connectivity index is 2.32. The van der Waals surface area contributed by atoms with Gasteiger partial charge in [0, 0.05) is 11.4 Å². The zero-order valence-electron chi connectivity index (χ0n) is 10.4. The summed E-state index contributed by atoms with van der Waals surface area (Å²) >= 11 is 0. The third kappa shape index (κ3) is 2.17. The molecule has 1 aliphatic rings. The topological polar surface area (TPSA) is 24.9 Å². The van der Waals surface area contributed by atoms with Crippen molar-refractivity contribution in [2.45, 2.75) is 39.2 Å². The lowest BCUT2D eigenvalue weighted by atomic mass is 9.97. The van der Waals surface area contributed by atoms with Crippen LogP contribution in [0.5, 0.6) is 0 Å². The Morgan fingerprint density at radius 2 is 2.12 bits per heavy atom. The largest absolute Gasteiger partial charge is 0.310 e. The van der Waals surface area contributed by atoms with E-state index in [4.69, 9.17) is 0 Å². The molecule has 1 aliphatic carbocycles. The molecular formula is C14H20N2. The first kappa shape index (κ1) is 11.3. The lowest BCUT2D eigenvalue weighted by molar-refractivity contribution is 0.648. The highest BCUT2D eigenvalue weighted by Crippen LogP contribution is 2.31. The number of allylic oxidation sites excluding steroid dienone is 1. The standard InChI is InChI=1S/C14H20N2/c1-10-8-9-13(11(2)16-10)14(15-3)12-6-4-5-7-12/h6,8-9,14-15H,4-5,7H2,1-3H3. The fourth-order valence-corrected chi connectivity index (χ4v) is 2.50. The summed E-state index contributed by atoms with van der Waals surface area (Å²) in [4.78, 5) is 4.55. The Morgan fingerprint density at radius 1 is 1.31 bits per heavy atom. The van der Waals surface area contributed by atoms with E-state index >= 15 is 0 Å². The first-order chi connectivity index (χ1) is 7.72. The predicted molar refractivity (Wildman–Crippen MR) is 67.4 cm³/mol. The van der Waals surface area contributed by atoms with Crippen LogP contribution in [-0.4, -0.2) is 12.0 Å². The lowest BCUT2D eigenvalue weighted by Gasteiger charge is -2.20. The molecule has 1 aromatic rings. The molecule has 1 atom stereocenters. The maximum absolute atomic E-state index is 4.55. The molecule has 1 unspecified atom stereocenters. The van der Waals surface area contributed by atoms with Crippen molar-refractivity contribution in [3.8, 4) is 0 Å². The van der Waals surface area contributed by atoms with Crippen molar-refractivity contribution >= 4 is 0 Å². The minimum absolute atomic E-state index is 0.357. The third-order valence-electron chi connectivity index (χ3n) is 3.31. The van der Waals surface area contributed by atoms with Crippen LogP contribution in [0.25, 0.3) is 0 Å². The molecule has 2 rings (SSSR count). The Hall–Kier alpha value is -1.15. The summed E-state index contributed by atoms with van der Waals surface area (Å²) in [5.41, 5.74) is 5.08. The minimum atomic E-state index is 0.357. The van der Waals surface area contributed by atoms with E-state index in [0.29, 0.717) is 6.04 Å². The number of hydrogen-bond acceptors (Lipinski definition) is 2. The van der Waals surface area contributed by atoms with Crippen molar-refractivity contribution in [3.63, 3.8) is 0 Å². The molecule has 0 spiro atoms. The van der Waals surface area contributed by atoms with Gasteiger partial charge in [0.2, 0.25) is 0 Å². The van der Waals surface area contributed by atoms with E-state index in [9.17, 15) is 0 Å². The van der Waals surface area contributed by atoms with Crippen molar-refractivity contribution in [3.05, 3.63) is 40.7 Å². The van der Waals surface area contributed by atoms with Crippen LogP contribution in [0.15, 0.2) is 23.8 Å². The third-order valence-corrected chi connectivity index (χ3v) is 3.31. The van der Waals surface area contributed by atoms with Crippen LogP contribution in [-0.2, 0) is 0 Å². The maximum atomic E-state index is 4.55. The van der Waals surface area contributed by atoms with Gasteiger partial charge < -0.3 is 5.32 Å². The zero-order chi connectivity index (χ0) is 11.5. The number of nitrogens with one attached hydrogen (secondary N) is 1. The van der Waals surface area contributed by atoms with Gasteiger partial charge in [-0.05, 0) is 51.8 Å². The molecule has 1 N–H and O–H groups in total. The second-order valence-electron chi connectivity index (χ2n) is 4.52. The Bertz CT molecular complexity index is 407. The van der Waals surface area contributed by atoms with E-state index < -0.39 is 0 Å². The van der Waals surface area contributed by atoms with E-state index in [1.807, 2.05) is 14.0 Å². The van der Waals surface area contributed by atoms with E-state index in [0.717, 1.165) is 11.4 Å². The maximum Gasteiger partial charge on any atom is 0.0551 e. The predicted octanol–water partition coefficient (Wildman–Crippen LogP) is 3.07. The Labute approximate surface area is 97.8 Å². The molecule has 0 fully saturated rings. The fraction of sp³-hybridized carbons (Fsp3) is 0.500. The second kappa shape index (κ2) is 4.79. The van der Waals surface area contributed by atoms with Gasteiger partial charge >= 0.3 is 0 Å². The summed E-state index contributed by atoms with van der Waals surface area (Å²) < 4.78 is 0. The lowest BCUT2D eigenvalue weighted by Crippen LogP contribution is -2.19. The van der Waals surface area contributed by atoms with Crippen LogP contribution in [0, 0.1) is 13.8 Å². The molecule has 1 heterocycles.